The first-order valence-electron chi connectivity index (χ1n) is 5.90. The second kappa shape index (κ2) is 5.09. The van der Waals surface area contributed by atoms with Gasteiger partial charge in [-0.3, -0.25) is 0 Å². The number of halogens is 3. The number of hydrogen-bond donors (Lipinski definition) is 1. The van der Waals surface area contributed by atoms with E-state index in [2.05, 4.69) is 15.3 Å². The Balaban J connectivity index is 2.25. The first-order chi connectivity index (χ1) is 8.52. The molecule has 0 radical (unpaired) electrons. The molecule has 0 aromatic carbocycles. The topological polar surface area (TPSA) is 41.1 Å². The van der Waals surface area contributed by atoms with E-state index in [9.17, 15) is 13.2 Å². The van der Waals surface area contributed by atoms with Gasteiger partial charge in [0, 0.05) is 25.3 Å². The van der Waals surface area contributed by atoms with E-state index in [0.717, 1.165) is 31.8 Å². The normalized spacial score (nSPS) is 20.1. The van der Waals surface area contributed by atoms with Crippen LogP contribution in [0.4, 0.5) is 19.1 Å². The molecular weight excluding hydrogens is 245 g/mol. The van der Waals surface area contributed by atoms with E-state index in [0.29, 0.717) is 6.54 Å². The van der Waals surface area contributed by atoms with Crippen LogP contribution in [0.15, 0.2) is 12.3 Å². The monoisotopic (exact) mass is 260 g/mol. The van der Waals surface area contributed by atoms with Crippen LogP contribution in [0.2, 0.25) is 0 Å². The minimum absolute atomic E-state index is 0.154. The lowest BCUT2D eigenvalue weighted by atomic mass is 10.2. The molecule has 0 spiro atoms. The van der Waals surface area contributed by atoms with Gasteiger partial charge in [0.15, 0.2) is 0 Å². The van der Waals surface area contributed by atoms with Crippen molar-refractivity contribution in [3.8, 4) is 0 Å². The molecule has 0 bridgehead atoms. The lowest BCUT2D eigenvalue weighted by Gasteiger charge is -2.27. The summed E-state index contributed by atoms with van der Waals surface area (Å²) in [6.45, 7) is 4.11. The zero-order chi connectivity index (χ0) is 13.2. The maximum atomic E-state index is 12.6. The molecule has 0 saturated carbocycles. The van der Waals surface area contributed by atoms with Crippen LogP contribution in [-0.4, -0.2) is 35.6 Å². The van der Waals surface area contributed by atoms with Crippen molar-refractivity contribution in [3.63, 3.8) is 0 Å². The zero-order valence-electron chi connectivity index (χ0n) is 10.0. The smallest absolute Gasteiger partial charge is 0.337 e. The van der Waals surface area contributed by atoms with Crippen molar-refractivity contribution in [3.05, 3.63) is 18.0 Å². The third-order valence-corrected chi connectivity index (χ3v) is 3.01. The molecule has 1 unspecified atom stereocenters. The van der Waals surface area contributed by atoms with Gasteiger partial charge in [-0.2, -0.15) is 13.2 Å². The molecule has 7 heteroatoms. The Morgan fingerprint density at radius 1 is 1.50 bits per heavy atom. The Morgan fingerprint density at radius 3 is 2.83 bits per heavy atom. The van der Waals surface area contributed by atoms with Crippen LogP contribution < -0.4 is 10.2 Å². The van der Waals surface area contributed by atoms with Crippen molar-refractivity contribution < 1.29 is 13.2 Å². The average Bonchev–Trinajstić information content (AvgIpc) is 2.83. The second-order valence-corrected chi connectivity index (χ2v) is 4.17. The van der Waals surface area contributed by atoms with Crippen LogP contribution in [0.25, 0.3) is 0 Å². The molecule has 1 fully saturated rings. The molecule has 0 aliphatic carbocycles. The van der Waals surface area contributed by atoms with Gasteiger partial charge in [0.2, 0.25) is 5.95 Å². The van der Waals surface area contributed by atoms with E-state index < -0.39 is 11.9 Å². The highest BCUT2D eigenvalue weighted by Gasteiger charge is 2.34. The molecule has 2 rings (SSSR count). The molecule has 1 atom stereocenters. The van der Waals surface area contributed by atoms with Crippen molar-refractivity contribution in [1.82, 2.24) is 15.3 Å². The van der Waals surface area contributed by atoms with Gasteiger partial charge in [-0.15, -0.1) is 0 Å². The number of hydrogen-bond acceptors (Lipinski definition) is 4. The van der Waals surface area contributed by atoms with Gasteiger partial charge in [0.1, 0.15) is 5.69 Å². The van der Waals surface area contributed by atoms with Crippen LogP contribution in [0, 0.1) is 0 Å². The first kappa shape index (κ1) is 13.1. The zero-order valence-corrected chi connectivity index (χ0v) is 10.0. The predicted molar refractivity (Wildman–Crippen MR) is 61.3 cm³/mol. The molecule has 2 heterocycles. The van der Waals surface area contributed by atoms with Gasteiger partial charge >= 0.3 is 6.18 Å². The Morgan fingerprint density at radius 2 is 2.28 bits per heavy atom. The molecule has 4 nitrogen and oxygen atoms in total. The summed E-state index contributed by atoms with van der Waals surface area (Å²) in [6, 6.07) is 1.06. The van der Waals surface area contributed by atoms with E-state index in [1.807, 2.05) is 11.8 Å². The van der Waals surface area contributed by atoms with Crippen LogP contribution in [0.1, 0.15) is 19.0 Å². The third kappa shape index (κ3) is 2.72. The van der Waals surface area contributed by atoms with Gasteiger partial charge in [-0.25, -0.2) is 9.97 Å². The lowest BCUT2D eigenvalue weighted by molar-refractivity contribution is -0.141. The summed E-state index contributed by atoms with van der Waals surface area (Å²) >= 11 is 0. The van der Waals surface area contributed by atoms with Crippen LogP contribution in [0.3, 0.4) is 0 Å². The highest BCUT2D eigenvalue weighted by atomic mass is 19.4. The molecule has 100 valence electrons. The Hall–Kier alpha value is -1.37. The Labute approximate surface area is 103 Å². The quantitative estimate of drug-likeness (QED) is 0.897. The maximum absolute atomic E-state index is 12.6. The fourth-order valence-corrected chi connectivity index (χ4v) is 2.11. The summed E-state index contributed by atoms with van der Waals surface area (Å²) in [5, 5.41) is 3.18. The van der Waals surface area contributed by atoms with Gasteiger partial charge in [-0.05, 0) is 26.0 Å². The predicted octanol–water partition coefficient (Wildman–Crippen LogP) is 1.68. The number of nitrogens with one attached hydrogen (secondary N) is 1. The number of alkyl halides is 3. The largest absolute Gasteiger partial charge is 0.433 e. The SMILES string of the molecule is CCN(c1nccc(C(F)(F)F)n1)C1CCNC1. The Bertz CT molecular complexity index is 402. The molecule has 1 aromatic rings. The summed E-state index contributed by atoms with van der Waals surface area (Å²) in [7, 11) is 0. The average molecular weight is 260 g/mol. The Kier molecular flexibility index (Phi) is 3.70. The highest BCUT2D eigenvalue weighted by Crippen LogP contribution is 2.28. The minimum atomic E-state index is -4.43. The molecular formula is C11H15F3N4. The molecule has 0 amide bonds. The summed E-state index contributed by atoms with van der Waals surface area (Å²) in [5.74, 6) is 0.154. The standard InChI is InChI=1S/C11H15F3N4/c1-2-18(8-3-5-15-7-8)10-16-6-4-9(17-10)11(12,13)14/h4,6,8,15H,2-3,5,7H2,1H3. The number of nitrogens with zero attached hydrogens (tertiary/aromatic N) is 3. The fourth-order valence-electron chi connectivity index (χ4n) is 2.11. The van der Waals surface area contributed by atoms with Crippen LogP contribution in [0.5, 0.6) is 0 Å². The second-order valence-electron chi connectivity index (χ2n) is 4.17. The van der Waals surface area contributed by atoms with Crippen molar-refractivity contribution in [2.24, 2.45) is 0 Å². The fraction of sp³-hybridized carbons (Fsp3) is 0.636. The highest BCUT2D eigenvalue weighted by molar-refractivity contribution is 5.33. The molecule has 1 aliphatic heterocycles. The van der Waals surface area contributed by atoms with Crippen molar-refractivity contribution in [1.29, 1.82) is 0 Å². The number of likely N-dealkylation sites (N-methyl/N-ethyl adjacent to an activating group) is 1. The summed E-state index contributed by atoms with van der Waals surface area (Å²) < 4.78 is 37.8. The number of rotatable bonds is 3. The number of aromatic nitrogens is 2. The van der Waals surface area contributed by atoms with Crippen LogP contribution in [-0.2, 0) is 6.18 Å². The maximum Gasteiger partial charge on any atom is 0.433 e. The van der Waals surface area contributed by atoms with Gasteiger partial charge < -0.3 is 10.2 Å². The van der Waals surface area contributed by atoms with E-state index >= 15 is 0 Å². The van der Waals surface area contributed by atoms with Crippen molar-refractivity contribution >= 4 is 5.95 Å². The third-order valence-electron chi connectivity index (χ3n) is 3.01. The van der Waals surface area contributed by atoms with Crippen molar-refractivity contribution in [2.45, 2.75) is 25.6 Å². The summed E-state index contributed by atoms with van der Waals surface area (Å²) in [4.78, 5) is 9.39. The first-order valence-corrected chi connectivity index (χ1v) is 5.90. The van der Waals surface area contributed by atoms with E-state index in [1.54, 1.807) is 0 Å². The van der Waals surface area contributed by atoms with Crippen molar-refractivity contribution in [2.75, 3.05) is 24.5 Å². The number of anilines is 1. The molecule has 1 aromatic heterocycles. The molecule has 18 heavy (non-hydrogen) atoms. The van der Waals surface area contributed by atoms with Gasteiger partial charge in [-0.1, -0.05) is 0 Å². The minimum Gasteiger partial charge on any atom is -0.337 e. The van der Waals surface area contributed by atoms with E-state index in [1.165, 1.54) is 0 Å². The molecule has 1 aliphatic rings. The van der Waals surface area contributed by atoms with Crippen LogP contribution >= 0.6 is 0 Å². The van der Waals surface area contributed by atoms with Gasteiger partial charge in [0.05, 0.1) is 0 Å². The van der Waals surface area contributed by atoms with Gasteiger partial charge in [0.25, 0.3) is 0 Å². The summed E-state index contributed by atoms with van der Waals surface area (Å²) in [6.07, 6.45) is -2.37. The van der Waals surface area contributed by atoms with E-state index in [-0.39, 0.29) is 12.0 Å². The molecule has 1 saturated heterocycles. The summed E-state index contributed by atoms with van der Waals surface area (Å²) in [5.41, 5.74) is -0.892. The molecule has 1 N–H and O–H groups in total. The lowest BCUT2D eigenvalue weighted by Crippen LogP contribution is -2.38. The van der Waals surface area contributed by atoms with E-state index in [4.69, 9.17) is 0 Å².